The molecule has 0 aliphatic rings. The minimum atomic E-state index is -0.0271. The molecule has 5 nitrogen and oxygen atoms in total. The van der Waals surface area contributed by atoms with E-state index >= 15 is 0 Å². The SMILES string of the molecule is CCn1cnnc1SCC(=O)Nc1c(C)cc(C)cc1C. The van der Waals surface area contributed by atoms with E-state index in [-0.39, 0.29) is 5.91 Å². The highest BCUT2D eigenvalue weighted by molar-refractivity contribution is 7.99. The number of nitrogens with zero attached hydrogens (tertiary/aromatic N) is 3. The van der Waals surface area contributed by atoms with Crippen molar-refractivity contribution in [1.82, 2.24) is 14.8 Å². The highest BCUT2D eigenvalue weighted by Gasteiger charge is 2.11. The van der Waals surface area contributed by atoms with Gasteiger partial charge < -0.3 is 9.88 Å². The van der Waals surface area contributed by atoms with E-state index in [9.17, 15) is 4.79 Å². The minimum absolute atomic E-state index is 0.0271. The summed E-state index contributed by atoms with van der Waals surface area (Å²) in [6.07, 6.45) is 1.68. The highest BCUT2D eigenvalue weighted by atomic mass is 32.2. The fraction of sp³-hybridized carbons (Fsp3) is 0.400. The molecule has 2 aromatic rings. The number of aromatic nitrogens is 3. The Labute approximate surface area is 129 Å². The first-order chi connectivity index (χ1) is 10.0. The van der Waals surface area contributed by atoms with Crippen molar-refractivity contribution in [1.29, 1.82) is 0 Å². The van der Waals surface area contributed by atoms with Gasteiger partial charge in [0, 0.05) is 12.2 Å². The van der Waals surface area contributed by atoms with Gasteiger partial charge in [0.1, 0.15) is 6.33 Å². The Bertz CT molecular complexity index is 628. The van der Waals surface area contributed by atoms with Crippen LogP contribution in [0.1, 0.15) is 23.6 Å². The Morgan fingerprint density at radius 1 is 1.29 bits per heavy atom. The van der Waals surface area contributed by atoms with E-state index in [1.165, 1.54) is 17.3 Å². The van der Waals surface area contributed by atoms with Gasteiger partial charge in [-0.25, -0.2) is 0 Å². The molecule has 0 radical (unpaired) electrons. The van der Waals surface area contributed by atoms with E-state index in [2.05, 4.69) is 34.6 Å². The number of amides is 1. The molecule has 0 aliphatic heterocycles. The molecule has 1 N–H and O–H groups in total. The van der Waals surface area contributed by atoms with Crippen LogP contribution in [0.2, 0.25) is 0 Å². The smallest absolute Gasteiger partial charge is 0.234 e. The average Bonchev–Trinajstić information content (AvgIpc) is 2.88. The molecule has 1 heterocycles. The molecule has 0 bridgehead atoms. The summed E-state index contributed by atoms with van der Waals surface area (Å²) in [6.45, 7) is 8.89. The van der Waals surface area contributed by atoms with Gasteiger partial charge in [-0.05, 0) is 38.8 Å². The van der Waals surface area contributed by atoms with Crippen molar-refractivity contribution in [2.45, 2.75) is 39.4 Å². The molecule has 1 amide bonds. The number of anilines is 1. The van der Waals surface area contributed by atoms with Gasteiger partial charge in [0.2, 0.25) is 5.91 Å². The van der Waals surface area contributed by atoms with Gasteiger partial charge in [-0.15, -0.1) is 10.2 Å². The molecule has 0 saturated carbocycles. The first-order valence-electron chi connectivity index (χ1n) is 6.89. The van der Waals surface area contributed by atoms with Gasteiger partial charge in [0.25, 0.3) is 0 Å². The highest BCUT2D eigenvalue weighted by Crippen LogP contribution is 2.22. The second-order valence-electron chi connectivity index (χ2n) is 5.01. The largest absolute Gasteiger partial charge is 0.325 e. The van der Waals surface area contributed by atoms with E-state index in [4.69, 9.17) is 0 Å². The molecule has 21 heavy (non-hydrogen) atoms. The Morgan fingerprint density at radius 2 is 1.95 bits per heavy atom. The van der Waals surface area contributed by atoms with Crippen molar-refractivity contribution < 1.29 is 4.79 Å². The summed E-state index contributed by atoms with van der Waals surface area (Å²) in [4.78, 5) is 12.1. The van der Waals surface area contributed by atoms with Crippen LogP contribution < -0.4 is 5.32 Å². The second kappa shape index (κ2) is 6.76. The third kappa shape index (κ3) is 3.85. The summed E-state index contributed by atoms with van der Waals surface area (Å²) in [6, 6.07) is 4.15. The summed E-state index contributed by atoms with van der Waals surface area (Å²) in [5.74, 6) is 0.298. The maximum absolute atomic E-state index is 12.1. The Balaban J connectivity index is 1.99. The van der Waals surface area contributed by atoms with Crippen LogP contribution in [0.25, 0.3) is 0 Å². The van der Waals surface area contributed by atoms with Crippen molar-refractivity contribution in [2.75, 3.05) is 11.1 Å². The van der Waals surface area contributed by atoms with Crippen molar-refractivity contribution in [3.8, 4) is 0 Å². The lowest BCUT2D eigenvalue weighted by Crippen LogP contribution is -2.16. The lowest BCUT2D eigenvalue weighted by atomic mass is 10.1. The molecule has 0 spiro atoms. The van der Waals surface area contributed by atoms with Crippen LogP contribution in [-0.4, -0.2) is 26.4 Å². The molecule has 0 atom stereocenters. The van der Waals surface area contributed by atoms with E-state index < -0.39 is 0 Å². The van der Waals surface area contributed by atoms with Crippen LogP contribution in [-0.2, 0) is 11.3 Å². The zero-order valence-corrected chi connectivity index (χ0v) is 13.6. The van der Waals surface area contributed by atoms with E-state index in [0.717, 1.165) is 28.5 Å². The van der Waals surface area contributed by atoms with Crippen molar-refractivity contribution in [2.24, 2.45) is 0 Å². The predicted octanol–water partition coefficient (Wildman–Crippen LogP) is 2.95. The topological polar surface area (TPSA) is 59.8 Å². The van der Waals surface area contributed by atoms with Gasteiger partial charge in [-0.3, -0.25) is 4.79 Å². The van der Waals surface area contributed by atoms with Crippen LogP contribution >= 0.6 is 11.8 Å². The summed E-state index contributed by atoms with van der Waals surface area (Å²) in [5, 5.41) is 11.6. The van der Waals surface area contributed by atoms with Crippen molar-refractivity contribution in [3.05, 3.63) is 35.2 Å². The van der Waals surface area contributed by atoms with Gasteiger partial charge >= 0.3 is 0 Å². The molecule has 0 saturated heterocycles. The number of carbonyl (C=O) groups is 1. The Morgan fingerprint density at radius 3 is 2.57 bits per heavy atom. The fourth-order valence-electron chi connectivity index (χ4n) is 2.26. The normalized spacial score (nSPS) is 10.7. The minimum Gasteiger partial charge on any atom is -0.325 e. The standard InChI is InChI=1S/C15H20N4OS/c1-5-19-9-16-18-15(19)21-8-13(20)17-14-11(3)6-10(2)7-12(14)4/h6-7,9H,5,8H2,1-4H3,(H,17,20). The maximum Gasteiger partial charge on any atom is 0.234 e. The predicted molar refractivity (Wildman–Crippen MR) is 85.7 cm³/mol. The van der Waals surface area contributed by atoms with E-state index in [1.807, 2.05) is 25.3 Å². The molecular formula is C15H20N4OS. The van der Waals surface area contributed by atoms with Gasteiger partial charge in [-0.2, -0.15) is 0 Å². The van der Waals surface area contributed by atoms with Gasteiger partial charge in [0.05, 0.1) is 5.75 Å². The lowest BCUT2D eigenvalue weighted by molar-refractivity contribution is -0.113. The van der Waals surface area contributed by atoms with Crippen molar-refractivity contribution in [3.63, 3.8) is 0 Å². The van der Waals surface area contributed by atoms with Crippen LogP contribution in [0.5, 0.6) is 0 Å². The van der Waals surface area contributed by atoms with Crippen molar-refractivity contribution >= 4 is 23.4 Å². The molecule has 6 heteroatoms. The second-order valence-corrected chi connectivity index (χ2v) is 5.95. The van der Waals surface area contributed by atoms with E-state index in [1.54, 1.807) is 6.33 Å². The number of aryl methyl sites for hydroxylation is 4. The molecule has 0 aliphatic carbocycles. The third-order valence-electron chi connectivity index (χ3n) is 3.19. The number of carbonyl (C=O) groups excluding carboxylic acids is 1. The summed E-state index contributed by atoms with van der Waals surface area (Å²) < 4.78 is 1.92. The quantitative estimate of drug-likeness (QED) is 0.863. The van der Waals surface area contributed by atoms with Crippen LogP contribution in [0.3, 0.4) is 0 Å². The zero-order chi connectivity index (χ0) is 15.4. The number of thioether (sulfide) groups is 1. The number of nitrogens with one attached hydrogen (secondary N) is 1. The number of rotatable bonds is 5. The Kier molecular flexibility index (Phi) is 5.01. The molecule has 0 fully saturated rings. The fourth-order valence-corrected chi connectivity index (χ4v) is 3.04. The molecule has 2 rings (SSSR count). The first-order valence-corrected chi connectivity index (χ1v) is 7.88. The molecular weight excluding hydrogens is 284 g/mol. The van der Waals surface area contributed by atoms with Crippen LogP contribution in [0.15, 0.2) is 23.6 Å². The summed E-state index contributed by atoms with van der Waals surface area (Å²) >= 11 is 1.40. The Hall–Kier alpha value is -1.82. The zero-order valence-electron chi connectivity index (χ0n) is 12.8. The van der Waals surface area contributed by atoms with Gasteiger partial charge in [-0.1, -0.05) is 29.5 Å². The van der Waals surface area contributed by atoms with E-state index in [0.29, 0.717) is 5.75 Å². The summed E-state index contributed by atoms with van der Waals surface area (Å²) in [7, 11) is 0. The van der Waals surface area contributed by atoms with Crippen LogP contribution in [0, 0.1) is 20.8 Å². The molecule has 0 unspecified atom stereocenters. The first kappa shape index (κ1) is 15.6. The number of hydrogen-bond donors (Lipinski definition) is 1. The number of benzene rings is 1. The lowest BCUT2D eigenvalue weighted by Gasteiger charge is -2.12. The molecule has 1 aromatic carbocycles. The average molecular weight is 304 g/mol. The maximum atomic E-state index is 12.1. The monoisotopic (exact) mass is 304 g/mol. The van der Waals surface area contributed by atoms with Crippen LogP contribution in [0.4, 0.5) is 5.69 Å². The number of hydrogen-bond acceptors (Lipinski definition) is 4. The third-order valence-corrected chi connectivity index (χ3v) is 4.18. The van der Waals surface area contributed by atoms with Gasteiger partial charge in [0.15, 0.2) is 5.16 Å². The molecule has 112 valence electrons. The molecule has 1 aromatic heterocycles. The summed E-state index contributed by atoms with van der Waals surface area (Å²) in [5.41, 5.74) is 4.28.